The van der Waals surface area contributed by atoms with Crippen molar-refractivity contribution >= 4 is 0 Å². The van der Waals surface area contributed by atoms with Crippen molar-refractivity contribution in [2.45, 2.75) is 47.0 Å². The van der Waals surface area contributed by atoms with Crippen LogP contribution in [0.4, 0.5) is 0 Å². The molecule has 0 saturated heterocycles. The van der Waals surface area contributed by atoms with Gasteiger partial charge in [0.1, 0.15) is 0 Å². The third-order valence-electron chi connectivity index (χ3n) is 4.78. The van der Waals surface area contributed by atoms with Crippen LogP contribution in [-0.4, -0.2) is 0 Å². The van der Waals surface area contributed by atoms with E-state index in [1.165, 1.54) is 19.3 Å². The second kappa shape index (κ2) is 5.00. The molecule has 1 aliphatic rings. The van der Waals surface area contributed by atoms with Gasteiger partial charge >= 0.3 is 0 Å². The molecule has 0 spiro atoms. The first-order valence-electron chi connectivity index (χ1n) is 6.20. The minimum atomic E-state index is 0.915. The zero-order valence-electron chi connectivity index (χ0n) is 10.3. The van der Waals surface area contributed by atoms with E-state index < -0.39 is 0 Å². The predicted octanol–water partition coefficient (Wildman–Crippen LogP) is 4.52. The molecule has 0 heterocycles. The standard InChI is InChI=1S/C14H26/c1-6-7-8-9-14-12(4)10(2)11(3)13(14)5/h6,10-14H,1,7-9H2,2-5H3. The van der Waals surface area contributed by atoms with E-state index >= 15 is 0 Å². The van der Waals surface area contributed by atoms with E-state index in [1.807, 2.05) is 0 Å². The minimum Gasteiger partial charge on any atom is -0.103 e. The van der Waals surface area contributed by atoms with E-state index in [-0.39, 0.29) is 0 Å². The smallest absolute Gasteiger partial charge is 0.0353 e. The molecule has 0 heteroatoms. The zero-order valence-corrected chi connectivity index (χ0v) is 10.3. The minimum absolute atomic E-state index is 0.915. The molecule has 82 valence electrons. The molecular weight excluding hydrogens is 168 g/mol. The molecule has 0 bridgehead atoms. The fourth-order valence-electron chi connectivity index (χ4n) is 3.24. The molecular formula is C14H26. The molecule has 4 unspecified atom stereocenters. The molecule has 0 amide bonds. The molecule has 1 aliphatic carbocycles. The van der Waals surface area contributed by atoms with Crippen molar-refractivity contribution in [3.05, 3.63) is 12.7 Å². The van der Waals surface area contributed by atoms with Gasteiger partial charge < -0.3 is 0 Å². The fourth-order valence-corrected chi connectivity index (χ4v) is 3.24. The third-order valence-corrected chi connectivity index (χ3v) is 4.78. The average Bonchev–Trinajstić information content (AvgIpc) is 2.35. The summed E-state index contributed by atoms with van der Waals surface area (Å²) in [5.41, 5.74) is 0. The van der Waals surface area contributed by atoms with Crippen LogP contribution >= 0.6 is 0 Å². The Morgan fingerprint density at radius 2 is 1.43 bits per heavy atom. The summed E-state index contributed by atoms with van der Waals surface area (Å²) in [6, 6.07) is 0. The van der Waals surface area contributed by atoms with E-state index in [1.54, 1.807) is 0 Å². The van der Waals surface area contributed by atoms with Gasteiger partial charge in [0.25, 0.3) is 0 Å². The van der Waals surface area contributed by atoms with Crippen LogP contribution in [0.3, 0.4) is 0 Å². The number of hydrogen-bond donors (Lipinski definition) is 0. The summed E-state index contributed by atoms with van der Waals surface area (Å²) in [6.45, 7) is 13.5. The van der Waals surface area contributed by atoms with Gasteiger partial charge in [0.15, 0.2) is 0 Å². The van der Waals surface area contributed by atoms with E-state index in [9.17, 15) is 0 Å². The maximum absolute atomic E-state index is 3.79. The zero-order chi connectivity index (χ0) is 10.7. The predicted molar refractivity (Wildman–Crippen MR) is 64.2 cm³/mol. The van der Waals surface area contributed by atoms with E-state index in [0.717, 1.165) is 29.6 Å². The molecule has 0 radical (unpaired) electrons. The molecule has 0 aromatic carbocycles. The van der Waals surface area contributed by atoms with Gasteiger partial charge in [0.05, 0.1) is 0 Å². The summed E-state index contributed by atoms with van der Waals surface area (Å²) in [4.78, 5) is 0. The molecule has 0 aromatic rings. The molecule has 0 aliphatic heterocycles. The molecule has 1 saturated carbocycles. The summed E-state index contributed by atoms with van der Waals surface area (Å²) in [7, 11) is 0. The van der Waals surface area contributed by atoms with Crippen LogP contribution < -0.4 is 0 Å². The molecule has 0 N–H and O–H groups in total. The van der Waals surface area contributed by atoms with Gasteiger partial charge in [-0.2, -0.15) is 0 Å². The topological polar surface area (TPSA) is 0 Å². The normalized spacial score (nSPS) is 42.7. The van der Waals surface area contributed by atoms with Gasteiger partial charge in [-0.3, -0.25) is 0 Å². The Morgan fingerprint density at radius 1 is 0.929 bits per heavy atom. The van der Waals surface area contributed by atoms with Crippen LogP contribution in [0.1, 0.15) is 47.0 Å². The van der Waals surface area contributed by atoms with Gasteiger partial charge in [-0.15, -0.1) is 6.58 Å². The summed E-state index contributed by atoms with van der Waals surface area (Å²) < 4.78 is 0. The SMILES string of the molecule is C=CCCCC1C(C)C(C)C(C)C1C. The van der Waals surface area contributed by atoms with Gasteiger partial charge in [-0.05, 0) is 48.9 Å². The average molecular weight is 194 g/mol. The number of unbranched alkanes of at least 4 members (excludes halogenated alkanes) is 1. The van der Waals surface area contributed by atoms with Crippen molar-refractivity contribution in [2.75, 3.05) is 0 Å². The second-order valence-electron chi connectivity index (χ2n) is 5.32. The molecule has 4 atom stereocenters. The van der Waals surface area contributed by atoms with E-state index in [0.29, 0.717) is 0 Å². The molecule has 1 rings (SSSR count). The Hall–Kier alpha value is -0.260. The largest absolute Gasteiger partial charge is 0.103 e. The highest BCUT2D eigenvalue weighted by atomic mass is 14.5. The summed E-state index contributed by atoms with van der Waals surface area (Å²) in [5, 5.41) is 0. The van der Waals surface area contributed by atoms with Crippen molar-refractivity contribution in [3.8, 4) is 0 Å². The van der Waals surface area contributed by atoms with Crippen molar-refractivity contribution in [1.82, 2.24) is 0 Å². The monoisotopic (exact) mass is 194 g/mol. The van der Waals surface area contributed by atoms with Crippen molar-refractivity contribution in [1.29, 1.82) is 0 Å². The first-order valence-corrected chi connectivity index (χ1v) is 6.20. The van der Waals surface area contributed by atoms with Crippen molar-refractivity contribution < 1.29 is 0 Å². The third kappa shape index (κ3) is 2.21. The highest BCUT2D eigenvalue weighted by Crippen LogP contribution is 2.47. The lowest BCUT2D eigenvalue weighted by atomic mass is 9.85. The first kappa shape index (κ1) is 11.8. The number of rotatable bonds is 4. The van der Waals surface area contributed by atoms with Gasteiger partial charge in [-0.25, -0.2) is 0 Å². The molecule has 14 heavy (non-hydrogen) atoms. The highest BCUT2D eigenvalue weighted by molar-refractivity contribution is 4.89. The van der Waals surface area contributed by atoms with E-state index in [4.69, 9.17) is 0 Å². The van der Waals surface area contributed by atoms with Gasteiger partial charge in [0.2, 0.25) is 0 Å². The fraction of sp³-hybridized carbons (Fsp3) is 0.857. The Kier molecular flexibility index (Phi) is 4.22. The maximum Gasteiger partial charge on any atom is -0.0353 e. The molecule has 0 aromatic heterocycles. The molecule has 0 nitrogen and oxygen atoms in total. The Balaban J connectivity index is 2.47. The van der Waals surface area contributed by atoms with Crippen LogP contribution in [0, 0.1) is 29.6 Å². The lowest BCUT2D eigenvalue weighted by molar-refractivity contribution is 0.294. The van der Waals surface area contributed by atoms with Crippen LogP contribution in [0.15, 0.2) is 12.7 Å². The molecule has 1 fully saturated rings. The lowest BCUT2D eigenvalue weighted by Crippen LogP contribution is -2.12. The van der Waals surface area contributed by atoms with Crippen molar-refractivity contribution in [3.63, 3.8) is 0 Å². The quantitative estimate of drug-likeness (QED) is 0.456. The van der Waals surface area contributed by atoms with Crippen LogP contribution in [-0.2, 0) is 0 Å². The maximum atomic E-state index is 3.79. The van der Waals surface area contributed by atoms with Crippen LogP contribution in [0.25, 0.3) is 0 Å². The van der Waals surface area contributed by atoms with Gasteiger partial charge in [0, 0.05) is 0 Å². The van der Waals surface area contributed by atoms with Crippen LogP contribution in [0.5, 0.6) is 0 Å². The van der Waals surface area contributed by atoms with Crippen LogP contribution in [0.2, 0.25) is 0 Å². The first-order chi connectivity index (χ1) is 6.59. The Morgan fingerprint density at radius 3 is 1.86 bits per heavy atom. The highest BCUT2D eigenvalue weighted by Gasteiger charge is 2.40. The lowest BCUT2D eigenvalue weighted by Gasteiger charge is -2.20. The Bertz CT molecular complexity index is 168. The Labute approximate surface area is 89.8 Å². The second-order valence-corrected chi connectivity index (χ2v) is 5.32. The summed E-state index contributed by atoms with van der Waals surface area (Å²) >= 11 is 0. The van der Waals surface area contributed by atoms with E-state index in [2.05, 4.69) is 40.3 Å². The summed E-state index contributed by atoms with van der Waals surface area (Å²) in [6.07, 6.45) is 5.99. The number of hydrogen-bond acceptors (Lipinski definition) is 0. The number of allylic oxidation sites excluding steroid dienone is 1. The summed E-state index contributed by atoms with van der Waals surface area (Å²) in [5.74, 6) is 4.63. The van der Waals surface area contributed by atoms with Crippen molar-refractivity contribution in [2.24, 2.45) is 29.6 Å². The van der Waals surface area contributed by atoms with Gasteiger partial charge in [-0.1, -0.05) is 33.8 Å².